The number of carbonyl (C=O) groups is 2. The SMILES string of the molecule is O=C(NC(CO)c1ccccc1)C1CCCCC1c1ccc(CN(C(=O)C2CCCC2)c2ccccc2)cc1. The Morgan fingerprint density at radius 2 is 1.41 bits per heavy atom. The summed E-state index contributed by atoms with van der Waals surface area (Å²) in [6.07, 6.45) is 8.20. The summed E-state index contributed by atoms with van der Waals surface area (Å²) in [5.74, 6) is 0.387. The lowest BCUT2D eigenvalue weighted by Gasteiger charge is -2.32. The van der Waals surface area contributed by atoms with Gasteiger partial charge in [-0.15, -0.1) is 0 Å². The van der Waals surface area contributed by atoms with Crippen molar-refractivity contribution in [1.29, 1.82) is 0 Å². The minimum atomic E-state index is -0.398. The van der Waals surface area contributed by atoms with Crippen molar-refractivity contribution in [3.05, 3.63) is 102 Å². The van der Waals surface area contributed by atoms with Gasteiger partial charge in [-0.25, -0.2) is 0 Å². The lowest BCUT2D eigenvalue weighted by Crippen LogP contribution is -2.39. The number of carbonyl (C=O) groups excluding carboxylic acids is 2. The number of para-hydroxylation sites is 1. The largest absolute Gasteiger partial charge is 0.394 e. The smallest absolute Gasteiger partial charge is 0.230 e. The van der Waals surface area contributed by atoms with Gasteiger partial charge in [0.1, 0.15) is 0 Å². The molecule has 39 heavy (non-hydrogen) atoms. The van der Waals surface area contributed by atoms with Crippen LogP contribution in [0.4, 0.5) is 5.69 Å². The Morgan fingerprint density at radius 3 is 2.08 bits per heavy atom. The Morgan fingerprint density at radius 1 is 0.795 bits per heavy atom. The van der Waals surface area contributed by atoms with Crippen molar-refractivity contribution in [3.8, 4) is 0 Å². The maximum absolute atomic E-state index is 13.5. The molecule has 2 amide bonds. The first-order chi connectivity index (χ1) is 19.1. The highest BCUT2D eigenvalue weighted by molar-refractivity contribution is 5.95. The van der Waals surface area contributed by atoms with Crippen molar-refractivity contribution in [3.63, 3.8) is 0 Å². The fourth-order valence-electron chi connectivity index (χ4n) is 6.39. The first-order valence-corrected chi connectivity index (χ1v) is 14.6. The fourth-order valence-corrected chi connectivity index (χ4v) is 6.39. The predicted molar refractivity (Wildman–Crippen MR) is 155 cm³/mol. The molecule has 0 radical (unpaired) electrons. The van der Waals surface area contributed by atoms with Gasteiger partial charge in [-0.2, -0.15) is 0 Å². The maximum atomic E-state index is 13.5. The zero-order valence-electron chi connectivity index (χ0n) is 22.7. The van der Waals surface area contributed by atoms with Gasteiger partial charge in [-0.3, -0.25) is 9.59 Å². The Bertz CT molecular complexity index is 1210. The van der Waals surface area contributed by atoms with E-state index in [1.807, 2.05) is 65.6 Å². The van der Waals surface area contributed by atoms with E-state index in [0.29, 0.717) is 6.54 Å². The number of amides is 2. The summed E-state index contributed by atoms with van der Waals surface area (Å²) in [6.45, 7) is 0.419. The molecule has 0 aromatic heterocycles. The second kappa shape index (κ2) is 13.1. The summed E-state index contributed by atoms with van der Waals surface area (Å²) in [5.41, 5.74) is 4.13. The van der Waals surface area contributed by atoms with Gasteiger partial charge < -0.3 is 15.3 Å². The van der Waals surface area contributed by atoms with Crippen molar-refractivity contribution in [2.45, 2.75) is 69.9 Å². The molecule has 0 heterocycles. The Hall–Kier alpha value is -3.44. The number of aliphatic hydroxyl groups is 1. The number of nitrogens with one attached hydrogen (secondary N) is 1. The van der Waals surface area contributed by atoms with Crippen molar-refractivity contribution >= 4 is 17.5 Å². The molecule has 0 saturated heterocycles. The molecule has 2 N–H and O–H groups in total. The number of rotatable bonds is 9. The van der Waals surface area contributed by atoms with Crippen LogP contribution >= 0.6 is 0 Å². The van der Waals surface area contributed by atoms with Crippen LogP contribution in [-0.4, -0.2) is 23.5 Å². The molecule has 204 valence electrons. The number of aliphatic hydroxyl groups excluding tert-OH is 1. The quantitative estimate of drug-likeness (QED) is 0.334. The van der Waals surface area contributed by atoms with E-state index in [9.17, 15) is 14.7 Å². The zero-order chi connectivity index (χ0) is 27.0. The summed E-state index contributed by atoms with van der Waals surface area (Å²) in [7, 11) is 0. The lowest BCUT2D eigenvalue weighted by atomic mass is 9.74. The number of nitrogens with zero attached hydrogens (tertiary/aromatic N) is 1. The van der Waals surface area contributed by atoms with Crippen LogP contribution in [0.25, 0.3) is 0 Å². The van der Waals surface area contributed by atoms with Crippen LogP contribution in [0.2, 0.25) is 0 Å². The molecule has 2 saturated carbocycles. The third-order valence-electron chi connectivity index (χ3n) is 8.59. The van der Waals surface area contributed by atoms with E-state index in [0.717, 1.165) is 68.2 Å². The summed E-state index contributed by atoms with van der Waals surface area (Å²) >= 11 is 0. The van der Waals surface area contributed by atoms with Crippen LogP contribution < -0.4 is 10.2 Å². The van der Waals surface area contributed by atoms with Gasteiger partial charge in [-0.05, 0) is 60.4 Å². The summed E-state index contributed by atoms with van der Waals surface area (Å²) in [6, 6.07) is 27.8. The molecule has 2 fully saturated rings. The number of anilines is 1. The van der Waals surface area contributed by atoms with Crippen LogP contribution in [0.1, 0.15) is 80.0 Å². The van der Waals surface area contributed by atoms with Crippen LogP contribution in [-0.2, 0) is 16.1 Å². The van der Waals surface area contributed by atoms with Crippen LogP contribution in [0, 0.1) is 11.8 Å². The van der Waals surface area contributed by atoms with Crippen LogP contribution in [0.5, 0.6) is 0 Å². The van der Waals surface area contributed by atoms with E-state index in [4.69, 9.17) is 0 Å². The first-order valence-electron chi connectivity index (χ1n) is 14.6. The normalized spacial score (nSPS) is 20.3. The van der Waals surface area contributed by atoms with E-state index >= 15 is 0 Å². The fraction of sp³-hybridized carbons (Fsp3) is 0.412. The molecule has 2 aliphatic rings. The van der Waals surface area contributed by atoms with Gasteiger partial charge in [0, 0.05) is 17.5 Å². The third kappa shape index (κ3) is 6.59. The molecule has 5 heteroatoms. The Kier molecular flexibility index (Phi) is 9.10. The van der Waals surface area contributed by atoms with E-state index in [1.165, 1.54) is 5.56 Å². The Labute approximate surface area is 232 Å². The maximum Gasteiger partial charge on any atom is 0.230 e. The third-order valence-corrected chi connectivity index (χ3v) is 8.59. The molecule has 5 nitrogen and oxygen atoms in total. The van der Waals surface area contributed by atoms with Crippen LogP contribution in [0.3, 0.4) is 0 Å². The summed E-state index contributed by atoms with van der Waals surface area (Å²) in [4.78, 5) is 28.8. The van der Waals surface area contributed by atoms with Crippen LogP contribution in [0.15, 0.2) is 84.9 Å². The topological polar surface area (TPSA) is 69.6 Å². The highest BCUT2D eigenvalue weighted by atomic mass is 16.3. The minimum Gasteiger partial charge on any atom is -0.394 e. The Balaban J connectivity index is 1.30. The van der Waals surface area contributed by atoms with Gasteiger partial charge in [0.15, 0.2) is 0 Å². The van der Waals surface area contributed by atoms with E-state index in [2.05, 4.69) is 29.6 Å². The van der Waals surface area contributed by atoms with E-state index in [-0.39, 0.29) is 36.2 Å². The van der Waals surface area contributed by atoms with Gasteiger partial charge >= 0.3 is 0 Å². The van der Waals surface area contributed by atoms with Gasteiger partial charge in [0.25, 0.3) is 0 Å². The predicted octanol–water partition coefficient (Wildman–Crippen LogP) is 6.53. The first kappa shape index (κ1) is 27.1. The van der Waals surface area contributed by atoms with Crippen molar-refractivity contribution in [2.75, 3.05) is 11.5 Å². The highest BCUT2D eigenvalue weighted by Crippen LogP contribution is 2.39. The second-order valence-corrected chi connectivity index (χ2v) is 11.1. The lowest BCUT2D eigenvalue weighted by molar-refractivity contribution is -0.127. The van der Waals surface area contributed by atoms with Crippen molar-refractivity contribution in [2.24, 2.45) is 11.8 Å². The van der Waals surface area contributed by atoms with Gasteiger partial charge in [0.05, 0.1) is 19.2 Å². The monoisotopic (exact) mass is 524 g/mol. The average Bonchev–Trinajstić information content (AvgIpc) is 3.55. The number of hydrogen-bond acceptors (Lipinski definition) is 3. The summed E-state index contributed by atoms with van der Waals surface area (Å²) < 4.78 is 0. The van der Waals surface area contributed by atoms with Gasteiger partial charge in [-0.1, -0.05) is 98.5 Å². The molecule has 0 aliphatic heterocycles. The second-order valence-electron chi connectivity index (χ2n) is 11.1. The standard InChI is InChI=1S/C34H40N2O3/c37-24-32(27-11-3-1-4-12-27)35-33(38)31-18-10-9-17-30(31)26-21-19-25(20-22-26)23-36(29-15-5-2-6-16-29)34(39)28-13-7-8-14-28/h1-6,11-12,15-16,19-22,28,30-32,37H,7-10,13-14,17-18,23-24H2,(H,35,38). The zero-order valence-corrected chi connectivity index (χ0v) is 22.7. The molecular formula is C34H40N2O3. The highest BCUT2D eigenvalue weighted by Gasteiger charge is 2.33. The minimum absolute atomic E-state index is 0.0177. The van der Waals surface area contributed by atoms with Crippen molar-refractivity contribution in [1.82, 2.24) is 5.32 Å². The molecule has 3 unspecified atom stereocenters. The molecule has 3 aromatic rings. The number of benzene rings is 3. The number of hydrogen-bond donors (Lipinski definition) is 2. The molecule has 0 bridgehead atoms. The molecule has 3 aromatic carbocycles. The molecule has 2 aliphatic carbocycles. The average molecular weight is 525 g/mol. The summed E-state index contributed by atoms with van der Waals surface area (Å²) in [5, 5.41) is 13.1. The molecule has 0 spiro atoms. The molecular weight excluding hydrogens is 484 g/mol. The van der Waals surface area contributed by atoms with Crippen molar-refractivity contribution < 1.29 is 14.7 Å². The van der Waals surface area contributed by atoms with E-state index in [1.54, 1.807) is 0 Å². The van der Waals surface area contributed by atoms with E-state index < -0.39 is 6.04 Å². The molecule has 3 atom stereocenters. The van der Waals surface area contributed by atoms with Gasteiger partial charge in [0.2, 0.25) is 11.8 Å². The molecule has 5 rings (SSSR count).